The molecule has 0 radical (unpaired) electrons. The minimum atomic E-state index is -1.64. The third-order valence-corrected chi connectivity index (χ3v) is 4.87. The highest BCUT2D eigenvalue weighted by Gasteiger charge is 2.41. The molecule has 2 aromatic carbocycles. The monoisotopic (exact) mass is 419 g/mol. The lowest BCUT2D eigenvalue weighted by atomic mass is 9.89. The maximum atomic E-state index is 13.4. The smallest absolute Gasteiger partial charge is 0.254 e. The number of nitrogens with one attached hydrogen (secondary N) is 1. The van der Waals surface area contributed by atoms with Crippen molar-refractivity contribution in [2.24, 2.45) is 5.73 Å². The Bertz CT molecular complexity index is 888. The summed E-state index contributed by atoms with van der Waals surface area (Å²) in [6.07, 6.45) is 0.249. The highest BCUT2D eigenvalue weighted by molar-refractivity contribution is 9.10. The number of carbonyl (C=O) groups is 3. The fourth-order valence-electron chi connectivity index (χ4n) is 2.99. The first-order chi connectivity index (χ1) is 12.3. The summed E-state index contributed by atoms with van der Waals surface area (Å²) < 4.78 is 14.2. The van der Waals surface area contributed by atoms with Crippen molar-refractivity contribution in [2.45, 2.75) is 12.1 Å². The van der Waals surface area contributed by atoms with Crippen LogP contribution in [0.4, 0.5) is 4.39 Å². The van der Waals surface area contributed by atoms with E-state index in [1.165, 1.54) is 23.1 Å². The summed E-state index contributed by atoms with van der Waals surface area (Å²) in [6.45, 7) is 0.0434. The summed E-state index contributed by atoms with van der Waals surface area (Å²) in [5, 5.41) is 2.06. The first-order valence-corrected chi connectivity index (χ1v) is 8.51. The molecular formula is C18H15BrFN3O3. The highest BCUT2D eigenvalue weighted by atomic mass is 79.9. The minimum absolute atomic E-state index is 0.163. The van der Waals surface area contributed by atoms with Gasteiger partial charge in [0, 0.05) is 16.6 Å². The van der Waals surface area contributed by atoms with Crippen molar-refractivity contribution in [2.75, 3.05) is 6.54 Å². The van der Waals surface area contributed by atoms with Crippen molar-refractivity contribution in [3.05, 3.63) is 69.4 Å². The van der Waals surface area contributed by atoms with Gasteiger partial charge in [-0.15, -0.1) is 0 Å². The van der Waals surface area contributed by atoms with E-state index >= 15 is 0 Å². The van der Waals surface area contributed by atoms with Crippen LogP contribution in [0.5, 0.6) is 0 Å². The molecule has 1 aliphatic heterocycles. The van der Waals surface area contributed by atoms with Crippen LogP contribution >= 0.6 is 15.9 Å². The number of hydrogen-bond acceptors (Lipinski definition) is 4. The molecule has 0 fully saturated rings. The lowest BCUT2D eigenvalue weighted by Gasteiger charge is -2.32. The molecule has 1 aliphatic rings. The predicted molar refractivity (Wildman–Crippen MR) is 95.4 cm³/mol. The number of fused-ring (bicyclic) bond motifs is 1. The quantitative estimate of drug-likeness (QED) is 0.720. The van der Waals surface area contributed by atoms with Crippen LogP contribution in [-0.4, -0.2) is 29.7 Å². The van der Waals surface area contributed by atoms with Gasteiger partial charge in [-0.25, -0.2) is 4.39 Å². The van der Waals surface area contributed by atoms with E-state index in [4.69, 9.17) is 5.73 Å². The average molecular weight is 420 g/mol. The van der Waals surface area contributed by atoms with Crippen LogP contribution in [0.1, 0.15) is 21.5 Å². The Morgan fingerprint density at radius 3 is 2.65 bits per heavy atom. The fourth-order valence-corrected chi connectivity index (χ4v) is 3.25. The summed E-state index contributed by atoms with van der Waals surface area (Å²) in [4.78, 5) is 37.2. The number of carbonyl (C=O) groups excluding carboxylic acids is 3. The van der Waals surface area contributed by atoms with E-state index in [0.717, 1.165) is 4.47 Å². The number of imide groups is 1. The van der Waals surface area contributed by atoms with E-state index < -0.39 is 23.2 Å². The molecule has 0 saturated carbocycles. The molecule has 1 unspecified atom stereocenters. The van der Waals surface area contributed by atoms with E-state index in [1.54, 1.807) is 24.3 Å². The van der Waals surface area contributed by atoms with Gasteiger partial charge in [0.05, 0.1) is 6.54 Å². The Morgan fingerprint density at radius 2 is 2.00 bits per heavy atom. The van der Waals surface area contributed by atoms with E-state index in [2.05, 4.69) is 21.2 Å². The number of hydrogen-bond donors (Lipinski definition) is 2. The SMILES string of the molecule is NC(CN1Cc2ccc(F)cc2C1=O)(C(=O)NC=O)c1ccc(Br)cc1. The zero-order chi connectivity index (χ0) is 18.9. The molecule has 0 aliphatic carbocycles. The van der Waals surface area contributed by atoms with E-state index in [-0.39, 0.29) is 25.1 Å². The Hall–Kier alpha value is -2.58. The fraction of sp³-hybridized carbons (Fsp3) is 0.167. The van der Waals surface area contributed by atoms with Crippen molar-refractivity contribution in [3.63, 3.8) is 0 Å². The summed E-state index contributed by atoms with van der Waals surface area (Å²) in [6, 6.07) is 10.7. The molecule has 3 amide bonds. The van der Waals surface area contributed by atoms with Gasteiger partial charge in [-0.05, 0) is 35.4 Å². The average Bonchev–Trinajstić information content (AvgIpc) is 2.91. The molecule has 3 N–H and O–H groups in total. The zero-order valence-electron chi connectivity index (χ0n) is 13.5. The van der Waals surface area contributed by atoms with Crippen LogP contribution in [0.3, 0.4) is 0 Å². The van der Waals surface area contributed by atoms with Crippen LogP contribution in [0.25, 0.3) is 0 Å². The van der Waals surface area contributed by atoms with Gasteiger partial charge in [0.25, 0.3) is 11.8 Å². The van der Waals surface area contributed by atoms with Gasteiger partial charge in [0.2, 0.25) is 6.41 Å². The molecule has 0 spiro atoms. The number of rotatable bonds is 5. The van der Waals surface area contributed by atoms with Gasteiger partial charge < -0.3 is 10.6 Å². The number of halogens is 2. The van der Waals surface area contributed by atoms with Gasteiger partial charge in [-0.3, -0.25) is 19.7 Å². The lowest BCUT2D eigenvalue weighted by Crippen LogP contribution is -2.57. The lowest BCUT2D eigenvalue weighted by molar-refractivity contribution is -0.130. The minimum Gasteiger partial charge on any atom is -0.332 e. The summed E-state index contributed by atoms with van der Waals surface area (Å²) >= 11 is 3.31. The van der Waals surface area contributed by atoms with E-state index in [1.807, 2.05) is 0 Å². The highest BCUT2D eigenvalue weighted by Crippen LogP contribution is 2.28. The summed E-state index contributed by atoms with van der Waals surface area (Å²) in [5.74, 6) is -1.65. The second-order valence-corrected chi connectivity index (χ2v) is 6.95. The molecule has 2 aromatic rings. The second-order valence-electron chi connectivity index (χ2n) is 6.03. The van der Waals surface area contributed by atoms with Crippen molar-refractivity contribution < 1.29 is 18.8 Å². The zero-order valence-corrected chi connectivity index (χ0v) is 15.1. The van der Waals surface area contributed by atoms with Gasteiger partial charge in [0.1, 0.15) is 11.4 Å². The van der Waals surface area contributed by atoms with Gasteiger partial charge in [-0.1, -0.05) is 34.1 Å². The first-order valence-electron chi connectivity index (χ1n) is 7.72. The van der Waals surface area contributed by atoms with Crippen molar-refractivity contribution in [3.8, 4) is 0 Å². The van der Waals surface area contributed by atoms with E-state index in [9.17, 15) is 18.8 Å². The van der Waals surface area contributed by atoms with Crippen molar-refractivity contribution >= 4 is 34.2 Å². The normalized spacial score (nSPS) is 15.3. The molecule has 0 saturated heterocycles. The molecule has 1 heterocycles. The third kappa shape index (κ3) is 3.25. The molecule has 6 nitrogen and oxygen atoms in total. The molecule has 26 heavy (non-hydrogen) atoms. The molecule has 0 bridgehead atoms. The molecule has 3 rings (SSSR count). The second kappa shape index (κ2) is 6.97. The Balaban J connectivity index is 1.94. The summed E-state index contributed by atoms with van der Waals surface area (Å²) in [7, 11) is 0. The van der Waals surface area contributed by atoms with Crippen LogP contribution in [0, 0.1) is 5.82 Å². The van der Waals surface area contributed by atoms with Crippen molar-refractivity contribution in [1.82, 2.24) is 10.2 Å². The number of nitrogens with two attached hydrogens (primary N) is 1. The molecular weight excluding hydrogens is 405 g/mol. The van der Waals surface area contributed by atoms with Crippen LogP contribution in [-0.2, 0) is 21.7 Å². The number of nitrogens with zero attached hydrogens (tertiary/aromatic N) is 1. The van der Waals surface area contributed by atoms with Gasteiger partial charge in [-0.2, -0.15) is 0 Å². The predicted octanol–water partition coefficient (Wildman–Crippen LogP) is 1.67. The topological polar surface area (TPSA) is 92.5 Å². The van der Waals surface area contributed by atoms with Crippen molar-refractivity contribution in [1.29, 1.82) is 0 Å². The molecule has 0 aromatic heterocycles. The summed E-state index contributed by atoms with van der Waals surface area (Å²) in [5.41, 5.74) is 6.06. The Labute approximate surface area is 157 Å². The van der Waals surface area contributed by atoms with Gasteiger partial charge >= 0.3 is 0 Å². The van der Waals surface area contributed by atoms with Gasteiger partial charge in [0.15, 0.2) is 0 Å². The third-order valence-electron chi connectivity index (χ3n) is 4.35. The maximum absolute atomic E-state index is 13.4. The molecule has 1 atom stereocenters. The number of benzene rings is 2. The number of amides is 3. The van der Waals surface area contributed by atoms with Crippen LogP contribution < -0.4 is 11.1 Å². The Morgan fingerprint density at radius 1 is 1.31 bits per heavy atom. The molecule has 134 valence electrons. The first kappa shape index (κ1) is 18.2. The standard InChI is InChI=1S/C18H15BrFN3O3/c19-13-4-2-12(3-5-13)18(21,17(26)22-10-24)9-23-8-11-1-6-14(20)7-15(11)16(23)25/h1-7,10H,8-9,21H2,(H,22,24,26). The molecule has 8 heteroatoms. The Kier molecular flexibility index (Phi) is 4.88. The van der Waals surface area contributed by atoms with Crippen LogP contribution in [0.2, 0.25) is 0 Å². The van der Waals surface area contributed by atoms with Crippen LogP contribution in [0.15, 0.2) is 46.9 Å². The van der Waals surface area contributed by atoms with E-state index in [0.29, 0.717) is 11.1 Å². The maximum Gasteiger partial charge on any atom is 0.254 e. The largest absolute Gasteiger partial charge is 0.332 e.